The smallest absolute Gasteiger partial charge is 0.356 e. The van der Waals surface area contributed by atoms with Gasteiger partial charge in [-0.25, -0.2) is 9.78 Å². The number of anilines is 2. The first-order chi connectivity index (χ1) is 16.1. The van der Waals surface area contributed by atoms with Crippen LogP contribution in [0.5, 0.6) is 0 Å². The highest BCUT2D eigenvalue weighted by Crippen LogP contribution is 2.47. The molecule has 1 aromatic heterocycles. The number of urea groups is 1. The van der Waals surface area contributed by atoms with Crippen LogP contribution in [0.15, 0.2) is 42.6 Å². The van der Waals surface area contributed by atoms with E-state index in [0.717, 1.165) is 38.2 Å². The van der Waals surface area contributed by atoms with E-state index in [-0.39, 0.29) is 23.1 Å². The summed E-state index contributed by atoms with van der Waals surface area (Å²) in [7, 11) is 4.16. The van der Waals surface area contributed by atoms with Gasteiger partial charge in [0, 0.05) is 18.6 Å². The molecule has 0 atom stereocenters. The number of carbonyl (C=O) groups excluding carboxylic acids is 1. The summed E-state index contributed by atoms with van der Waals surface area (Å²) in [6.45, 7) is 1.47. The van der Waals surface area contributed by atoms with Crippen LogP contribution in [0.1, 0.15) is 43.2 Å². The summed E-state index contributed by atoms with van der Waals surface area (Å²) in [5.41, 5.74) is 0.0713. The molecule has 2 aliphatic heterocycles. The molecule has 182 valence electrons. The number of carbonyl (C=O) groups is 1. The van der Waals surface area contributed by atoms with Gasteiger partial charge >= 0.3 is 12.2 Å². The van der Waals surface area contributed by atoms with Crippen molar-refractivity contribution in [3.63, 3.8) is 0 Å². The number of halogens is 3. The number of benzene rings is 1. The van der Waals surface area contributed by atoms with Crippen LogP contribution in [-0.2, 0) is 11.7 Å². The fourth-order valence-corrected chi connectivity index (χ4v) is 5.67. The normalized spacial score (nSPS) is 27.3. The fourth-order valence-electron chi connectivity index (χ4n) is 5.67. The van der Waals surface area contributed by atoms with E-state index in [1.54, 1.807) is 4.90 Å². The first-order valence-corrected chi connectivity index (χ1v) is 11.8. The number of hydrogen-bond acceptors (Lipinski definition) is 4. The molecule has 0 bridgehead atoms. The number of alkyl halides is 3. The molecule has 1 saturated carbocycles. The van der Waals surface area contributed by atoms with Crippen LogP contribution in [0.4, 0.5) is 29.5 Å². The quantitative estimate of drug-likeness (QED) is 0.705. The molecule has 0 radical (unpaired) electrons. The summed E-state index contributed by atoms with van der Waals surface area (Å²) in [4.78, 5) is 22.4. The Morgan fingerprint density at radius 3 is 2.29 bits per heavy atom. The number of rotatable bonds is 4. The Morgan fingerprint density at radius 2 is 1.74 bits per heavy atom. The molecule has 3 heterocycles. The van der Waals surface area contributed by atoms with Crippen molar-refractivity contribution < 1.29 is 18.0 Å². The molecule has 2 amide bonds. The summed E-state index contributed by atoms with van der Waals surface area (Å²) in [5, 5.41) is 3.11. The van der Waals surface area contributed by atoms with E-state index in [0.29, 0.717) is 19.6 Å². The van der Waals surface area contributed by atoms with E-state index < -0.39 is 17.3 Å². The molecule has 5 rings (SSSR count). The molecule has 9 heteroatoms. The summed E-state index contributed by atoms with van der Waals surface area (Å²) >= 11 is 0. The molecule has 3 fully saturated rings. The van der Waals surface area contributed by atoms with Crippen LogP contribution >= 0.6 is 0 Å². The third kappa shape index (κ3) is 3.79. The van der Waals surface area contributed by atoms with Crippen LogP contribution in [-0.4, -0.2) is 55.2 Å². The first-order valence-electron chi connectivity index (χ1n) is 11.8. The average Bonchev–Trinajstić information content (AvgIpc) is 3.09. The molecule has 1 N–H and O–H groups in total. The predicted octanol–water partition coefficient (Wildman–Crippen LogP) is 4.61. The van der Waals surface area contributed by atoms with Crippen molar-refractivity contribution in [2.24, 2.45) is 0 Å². The minimum atomic E-state index is -4.53. The van der Waals surface area contributed by atoms with Gasteiger partial charge in [0.05, 0.1) is 24.0 Å². The Morgan fingerprint density at radius 1 is 1.06 bits per heavy atom. The lowest BCUT2D eigenvalue weighted by Gasteiger charge is -2.48. The lowest BCUT2D eigenvalue weighted by Crippen LogP contribution is -2.54. The summed E-state index contributed by atoms with van der Waals surface area (Å²) < 4.78 is 41.4. The van der Waals surface area contributed by atoms with Crippen molar-refractivity contribution in [2.75, 3.05) is 43.5 Å². The Hall–Kier alpha value is -2.81. The second kappa shape index (κ2) is 8.15. The molecular formula is C25H30F3N5O. The van der Waals surface area contributed by atoms with Gasteiger partial charge in [0.1, 0.15) is 11.4 Å². The highest BCUT2D eigenvalue weighted by atomic mass is 19.4. The van der Waals surface area contributed by atoms with Gasteiger partial charge < -0.3 is 10.2 Å². The number of hydrogen-bond donors (Lipinski definition) is 1. The monoisotopic (exact) mass is 473 g/mol. The number of nitrogens with one attached hydrogen (secondary N) is 1. The third-order valence-electron chi connectivity index (χ3n) is 7.90. The number of pyridine rings is 1. The molecular weight excluding hydrogens is 443 g/mol. The predicted molar refractivity (Wildman–Crippen MR) is 125 cm³/mol. The Labute approximate surface area is 197 Å². The standard InChI is InChI=1S/C25H30F3N5O/c1-31(2)24(18-7-4-3-5-8-18)11-9-23(10-12-24)17-33(22(34)30-23)19-15-20(25(26,27)28)21(29-16-19)32-13-6-14-32/h3-5,7-8,15-16H,6,9-14,17H2,1-2H3,(H,30,34)/t23-,24+. The third-order valence-corrected chi connectivity index (χ3v) is 7.90. The minimum Gasteiger partial charge on any atom is -0.356 e. The summed E-state index contributed by atoms with van der Waals surface area (Å²) in [6, 6.07) is 11.1. The van der Waals surface area contributed by atoms with Gasteiger partial charge in [-0.05, 0) is 57.8 Å². The van der Waals surface area contributed by atoms with E-state index in [2.05, 4.69) is 41.4 Å². The summed E-state index contributed by atoms with van der Waals surface area (Å²) in [5.74, 6) is -0.0480. The molecule has 3 aliphatic rings. The molecule has 1 aromatic carbocycles. The van der Waals surface area contributed by atoms with E-state index in [9.17, 15) is 18.0 Å². The van der Waals surface area contributed by atoms with Gasteiger partial charge in [0.2, 0.25) is 0 Å². The molecule has 34 heavy (non-hydrogen) atoms. The molecule has 1 spiro atoms. The van der Waals surface area contributed by atoms with Gasteiger partial charge in [-0.2, -0.15) is 13.2 Å². The van der Waals surface area contributed by atoms with Crippen molar-refractivity contribution in [3.8, 4) is 0 Å². The molecule has 2 aromatic rings. The maximum Gasteiger partial charge on any atom is 0.420 e. The first kappa shape index (κ1) is 23.0. The van der Waals surface area contributed by atoms with Crippen molar-refractivity contribution in [3.05, 3.63) is 53.7 Å². The highest BCUT2D eigenvalue weighted by molar-refractivity contribution is 5.95. The van der Waals surface area contributed by atoms with E-state index in [1.807, 2.05) is 18.2 Å². The summed E-state index contributed by atoms with van der Waals surface area (Å²) in [6.07, 6.45) is 0.902. The van der Waals surface area contributed by atoms with Crippen molar-refractivity contribution >= 4 is 17.5 Å². The van der Waals surface area contributed by atoms with Crippen LogP contribution in [0.25, 0.3) is 0 Å². The fraction of sp³-hybridized carbons (Fsp3) is 0.520. The second-order valence-electron chi connectivity index (χ2n) is 9.99. The SMILES string of the molecule is CN(C)[C@]1(c2ccccc2)CC[C@]2(CC1)CN(c1cnc(N3CCC3)c(C(F)(F)F)c1)C(=O)N2. The largest absolute Gasteiger partial charge is 0.420 e. The zero-order valence-corrected chi connectivity index (χ0v) is 19.5. The Kier molecular flexibility index (Phi) is 5.50. The lowest BCUT2D eigenvalue weighted by atomic mass is 9.69. The van der Waals surface area contributed by atoms with Gasteiger partial charge in [-0.3, -0.25) is 9.80 Å². The molecule has 6 nitrogen and oxygen atoms in total. The topological polar surface area (TPSA) is 51.7 Å². The van der Waals surface area contributed by atoms with Crippen LogP contribution in [0.3, 0.4) is 0 Å². The molecule has 0 unspecified atom stereocenters. The van der Waals surface area contributed by atoms with Crippen LogP contribution < -0.4 is 15.1 Å². The van der Waals surface area contributed by atoms with Crippen molar-refractivity contribution in [1.29, 1.82) is 0 Å². The van der Waals surface area contributed by atoms with Gasteiger partial charge in [-0.15, -0.1) is 0 Å². The number of nitrogens with zero attached hydrogens (tertiary/aromatic N) is 4. The van der Waals surface area contributed by atoms with E-state index in [1.165, 1.54) is 16.7 Å². The Bertz CT molecular complexity index is 1060. The van der Waals surface area contributed by atoms with Gasteiger partial charge in [0.25, 0.3) is 0 Å². The van der Waals surface area contributed by atoms with Gasteiger partial charge in [0.15, 0.2) is 0 Å². The highest BCUT2D eigenvalue weighted by Gasteiger charge is 2.50. The van der Waals surface area contributed by atoms with Crippen molar-refractivity contribution in [2.45, 2.75) is 49.4 Å². The van der Waals surface area contributed by atoms with Crippen LogP contribution in [0.2, 0.25) is 0 Å². The van der Waals surface area contributed by atoms with E-state index >= 15 is 0 Å². The average molecular weight is 474 g/mol. The number of aromatic nitrogens is 1. The van der Waals surface area contributed by atoms with Crippen LogP contribution in [0, 0.1) is 0 Å². The molecule has 1 aliphatic carbocycles. The van der Waals surface area contributed by atoms with Gasteiger partial charge in [-0.1, -0.05) is 30.3 Å². The zero-order valence-electron chi connectivity index (χ0n) is 19.5. The second-order valence-corrected chi connectivity index (χ2v) is 9.99. The maximum atomic E-state index is 13.8. The lowest BCUT2D eigenvalue weighted by molar-refractivity contribution is -0.137. The maximum absolute atomic E-state index is 13.8. The Balaban J connectivity index is 1.38. The zero-order chi connectivity index (χ0) is 24.1. The minimum absolute atomic E-state index is 0.0480. The van der Waals surface area contributed by atoms with E-state index in [4.69, 9.17) is 0 Å². The number of amides is 2. The molecule has 2 saturated heterocycles. The van der Waals surface area contributed by atoms with Crippen molar-refractivity contribution in [1.82, 2.24) is 15.2 Å².